The van der Waals surface area contributed by atoms with Gasteiger partial charge >= 0.3 is 0 Å². The van der Waals surface area contributed by atoms with Crippen molar-refractivity contribution in [1.29, 1.82) is 0 Å². The smallest absolute Gasteiger partial charge is 0.235 e. The predicted octanol–water partition coefficient (Wildman–Crippen LogP) is 4.41. The minimum atomic E-state index is -0.526. The van der Waals surface area contributed by atoms with Gasteiger partial charge in [0.1, 0.15) is 18.2 Å². The highest BCUT2D eigenvalue weighted by Crippen LogP contribution is 2.27. The van der Waals surface area contributed by atoms with Crippen LogP contribution in [0.5, 0.6) is 5.75 Å². The zero-order valence-electron chi connectivity index (χ0n) is 10.8. The first-order valence-electron chi connectivity index (χ1n) is 6.03. The van der Waals surface area contributed by atoms with Gasteiger partial charge in [-0.3, -0.25) is 10.1 Å². The molecule has 2 aromatic carbocycles. The Kier molecular flexibility index (Phi) is 5.05. The maximum Gasteiger partial charge on any atom is 0.235 e. The van der Waals surface area contributed by atoms with E-state index in [0.717, 1.165) is 11.8 Å². The van der Waals surface area contributed by atoms with Gasteiger partial charge in [-0.15, -0.1) is 0 Å². The molecule has 0 fully saturated rings. The molecule has 0 saturated heterocycles. The largest absolute Gasteiger partial charge is 0.488 e. The molecule has 0 amide bonds. The van der Waals surface area contributed by atoms with Crippen molar-refractivity contribution in [1.82, 2.24) is 0 Å². The standard InChI is InChI=1S/C15H11BrFNO3/c16-14-9-11(6-7-18(19)20)4-5-15(14)21-10-12-2-1-3-13(17)8-12/h1-9H,10H2/b7-6+. The van der Waals surface area contributed by atoms with Crippen molar-refractivity contribution >= 4 is 22.0 Å². The van der Waals surface area contributed by atoms with Gasteiger partial charge in [0.2, 0.25) is 6.20 Å². The molecule has 4 nitrogen and oxygen atoms in total. The number of nitrogens with zero attached hydrogens (tertiary/aromatic N) is 1. The van der Waals surface area contributed by atoms with Gasteiger partial charge in [-0.1, -0.05) is 18.2 Å². The monoisotopic (exact) mass is 351 g/mol. The first kappa shape index (κ1) is 15.2. The quantitative estimate of drug-likeness (QED) is 0.592. The Morgan fingerprint density at radius 1 is 1.29 bits per heavy atom. The van der Waals surface area contributed by atoms with E-state index in [-0.39, 0.29) is 12.4 Å². The van der Waals surface area contributed by atoms with Gasteiger partial charge in [0, 0.05) is 6.08 Å². The molecule has 0 heterocycles. The molecule has 2 aromatic rings. The second kappa shape index (κ2) is 6.99. The van der Waals surface area contributed by atoms with E-state index in [0.29, 0.717) is 15.8 Å². The molecule has 0 aliphatic carbocycles. The molecule has 0 saturated carbocycles. The summed E-state index contributed by atoms with van der Waals surface area (Å²) in [6.45, 7) is 0.237. The molecule has 0 radical (unpaired) electrons. The Morgan fingerprint density at radius 2 is 2.10 bits per heavy atom. The SMILES string of the molecule is O=[N+]([O-])/C=C/c1ccc(OCc2cccc(F)c2)c(Br)c1. The Labute approximate surface area is 129 Å². The molecule has 0 atom stereocenters. The van der Waals surface area contributed by atoms with E-state index in [1.165, 1.54) is 18.2 Å². The minimum absolute atomic E-state index is 0.237. The molecule has 6 heteroatoms. The van der Waals surface area contributed by atoms with Gasteiger partial charge in [-0.25, -0.2) is 4.39 Å². The molecule has 0 unspecified atom stereocenters. The third-order valence-electron chi connectivity index (χ3n) is 2.63. The first-order chi connectivity index (χ1) is 10.0. The van der Waals surface area contributed by atoms with Gasteiger partial charge in [0.15, 0.2) is 0 Å². The van der Waals surface area contributed by atoms with Crippen molar-refractivity contribution in [2.45, 2.75) is 6.61 Å². The second-order valence-electron chi connectivity index (χ2n) is 4.21. The molecule has 2 rings (SSSR count). The van der Waals surface area contributed by atoms with E-state index in [1.54, 1.807) is 30.3 Å². The van der Waals surface area contributed by atoms with Gasteiger partial charge < -0.3 is 4.74 Å². The summed E-state index contributed by atoms with van der Waals surface area (Å²) in [7, 11) is 0. The fraction of sp³-hybridized carbons (Fsp3) is 0.0667. The zero-order chi connectivity index (χ0) is 15.2. The number of halogens is 2. The van der Waals surface area contributed by atoms with Gasteiger partial charge in [-0.2, -0.15) is 0 Å². The van der Waals surface area contributed by atoms with E-state index < -0.39 is 4.92 Å². The van der Waals surface area contributed by atoms with Crippen molar-refractivity contribution < 1.29 is 14.1 Å². The van der Waals surface area contributed by atoms with E-state index in [2.05, 4.69) is 15.9 Å². The summed E-state index contributed by atoms with van der Waals surface area (Å²) in [4.78, 5) is 9.74. The fourth-order valence-corrected chi connectivity index (χ4v) is 2.18. The highest BCUT2D eigenvalue weighted by atomic mass is 79.9. The molecule has 108 valence electrons. The number of benzene rings is 2. The third kappa shape index (κ3) is 4.68. The number of hydrogen-bond acceptors (Lipinski definition) is 3. The van der Waals surface area contributed by atoms with Crippen LogP contribution < -0.4 is 4.74 Å². The minimum Gasteiger partial charge on any atom is -0.488 e. The number of hydrogen-bond donors (Lipinski definition) is 0. The molecular weight excluding hydrogens is 341 g/mol. The van der Waals surface area contributed by atoms with Crippen LogP contribution in [0.4, 0.5) is 4.39 Å². The molecule has 0 aliphatic rings. The highest BCUT2D eigenvalue weighted by molar-refractivity contribution is 9.10. The van der Waals surface area contributed by atoms with Crippen LogP contribution in [0.15, 0.2) is 53.1 Å². The lowest BCUT2D eigenvalue weighted by atomic mass is 10.2. The van der Waals surface area contributed by atoms with Crippen LogP contribution in [0.1, 0.15) is 11.1 Å². The maximum absolute atomic E-state index is 13.0. The summed E-state index contributed by atoms with van der Waals surface area (Å²) in [6, 6.07) is 11.3. The van der Waals surface area contributed by atoms with Crippen molar-refractivity contribution in [3.05, 3.63) is 80.2 Å². The maximum atomic E-state index is 13.0. The van der Waals surface area contributed by atoms with Gasteiger partial charge in [-0.05, 0) is 51.3 Å². The van der Waals surface area contributed by atoms with Crippen molar-refractivity contribution in [3.63, 3.8) is 0 Å². The molecular formula is C15H11BrFNO3. The average Bonchev–Trinajstić information content (AvgIpc) is 2.44. The Balaban J connectivity index is 2.06. The molecule has 0 N–H and O–H groups in total. The number of rotatable bonds is 5. The van der Waals surface area contributed by atoms with Gasteiger partial charge in [0.05, 0.1) is 9.40 Å². The third-order valence-corrected chi connectivity index (χ3v) is 3.25. The summed E-state index contributed by atoms with van der Waals surface area (Å²) in [5.41, 5.74) is 1.40. The lowest BCUT2D eigenvalue weighted by Crippen LogP contribution is -1.96. The highest BCUT2D eigenvalue weighted by Gasteiger charge is 2.03. The Bertz CT molecular complexity index is 688. The summed E-state index contributed by atoms with van der Waals surface area (Å²) >= 11 is 3.34. The van der Waals surface area contributed by atoms with Crippen LogP contribution in [0.3, 0.4) is 0 Å². The lowest BCUT2D eigenvalue weighted by Gasteiger charge is -2.09. The molecule has 0 bridgehead atoms. The fourth-order valence-electron chi connectivity index (χ4n) is 1.67. The Hall–Kier alpha value is -2.21. The van der Waals surface area contributed by atoms with Crippen LogP contribution in [0, 0.1) is 15.9 Å². The molecule has 0 aliphatic heterocycles. The summed E-state index contributed by atoms with van der Waals surface area (Å²) in [6.07, 6.45) is 2.26. The summed E-state index contributed by atoms with van der Waals surface area (Å²) in [5.74, 6) is 0.271. The van der Waals surface area contributed by atoms with Crippen LogP contribution >= 0.6 is 15.9 Å². The van der Waals surface area contributed by atoms with Crippen molar-refractivity contribution in [2.24, 2.45) is 0 Å². The van der Waals surface area contributed by atoms with Crippen LogP contribution in [0.25, 0.3) is 6.08 Å². The Morgan fingerprint density at radius 3 is 2.76 bits per heavy atom. The topological polar surface area (TPSA) is 52.4 Å². The first-order valence-corrected chi connectivity index (χ1v) is 6.82. The molecule has 0 aromatic heterocycles. The zero-order valence-corrected chi connectivity index (χ0v) is 12.4. The predicted molar refractivity (Wildman–Crippen MR) is 80.9 cm³/mol. The van der Waals surface area contributed by atoms with E-state index in [4.69, 9.17) is 4.74 Å². The number of nitro groups is 1. The van der Waals surface area contributed by atoms with Crippen LogP contribution in [0.2, 0.25) is 0 Å². The van der Waals surface area contributed by atoms with E-state index >= 15 is 0 Å². The second-order valence-corrected chi connectivity index (χ2v) is 5.06. The molecule has 21 heavy (non-hydrogen) atoms. The van der Waals surface area contributed by atoms with Crippen LogP contribution in [-0.2, 0) is 6.61 Å². The lowest BCUT2D eigenvalue weighted by molar-refractivity contribution is -0.400. The normalized spacial score (nSPS) is 10.8. The average molecular weight is 352 g/mol. The van der Waals surface area contributed by atoms with E-state index in [1.807, 2.05) is 0 Å². The van der Waals surface area contributed by atoms with Crippen LogP contribution in [-0.4, -0.2) is 4.92 Å². The van der Waals surface area contributed by atoms with E-state index in [9.17, 15) is 14.5 Å². The number of ether oxygens (including phenoxy) is 1. The van der Waals surface area contributed by atoms with Crippen molar-refractivity contribution in [2.75, 3.05) is 0 Å². The van der Waals surface area contributed by atoms with Gasteiger partial charge in [0.25, 0.3) is 0 Å². The summed E-state index contributed by atoms with van der Waals surface area (Å²) in [5, 5.41) is 10.3. The summed E-state index contributed by atoms with van der Waals surface area (Å²) < 4.78 is 19.3. The molecule has 0 spiro atoms. The van der Waals surface area contributed by atoms with Crippen molar-refractivity contribution in [3.8, 4) is 5.75 Å².